The molecule has 0 atom stereocenters. The third-order valence-corrected chi connectivity index (χ3v) is 5.14. The fourth-order valence-electron chi connectivity index (χ4n) is 2.02. The number of halogens is 1. The summed E-state index contributed by atoms with van der Waals surface area (Å²) in [6.45, 7) is 1.61. The van der Waals surface area contributed by atoms with Crippen LogP contribution in [-0.2, 0) is 10.0 Å². The molecule has 1 fully saturated rings. The number of rotatable bonds is 3. The molecule has 9 heteroatoms. The van der Waals surface area contributed by atoms with Gasteiger partial charge in [0.25, 0.3) is 5.69 Å². The molecule has 0 bridgehead atoms. The van der Waals surface area contributed by atoms with Crippen molar-refractivity contribution >= 4 is 15.7 Å². The predicted octanol–water partition coefficient (Wildman–Crippen LogP) is 0.670. The molecular weight excluding hydrogens is 289 g/mol. The number of likely N-dealkylation sites (N-methyl/N-ethyl adjacent to an activating group) is 1. The SMILES string of the molecule is CN1CCN(S(=O)(=O)c2ccc(F)cc2[N+](=O)[O-])CC1. The van der Waals surface area contributed by atoms with Gasteiger partial charge < -0.3 is 4.90 Å². The van der Waals surface area contributed by atoms with Crippen molar-refractivity contribution in [3.63, 3.8) is 0 Å². The Morgan fingerprint density at radius 1 is 1.25 bits per heavy atom. The van der Waals surface area contributed by atoms with Crippen molar-refractivity contribution in [2.75, 3.05) is 33.2 Å². The first-order valence-corrected chi connectivity index (χ1v) is 7.39. The van der Waals surface area contributed by atoms with Gasteiger partial charge in [0, 0.05) is 26.2 Å². The number of nitrogens with zero attached hydrogens (tertiary/aromatic N) is 3. The molecule has 110 valence electrons. The lowest BCUT2D eigenvalue weighted by atomic mass is 10.3. The molecule has 0 saturated carbocycles. The molecule has 7 nitrogen and oxygen atoms in total. The Hall–Kier alpha value is -1.58. The number of benzene rings is 1. The number of sulfonamides is 1. The van der Waals surface area contributed by atoms with Crippen molar-refractivity contribution in [1.29, 1.82) is 0 Å². The molecule has 0 N–H and O–H groups in total. The molecule has 0 spiro atoms. The zero-order chi connectivity index (χ0) is 14.9. The quantitative estimate of drug-likeness (QED) is 0.605. The molecule has 20 heavy (non-hydrogen) atoms. The smallest absolute Gasteiger partial charge is 0.292 e. The maximum absolute atomic E-state index is 13.1. The molecule has 1 aromatic rings. The van der Waals surface area contributed by atoms with Crippen LogP contribution in [-0.4, -0.2) is 55.8 Å². The van der Waals surface area contributed by atoms with E-state index in [0.717, 1.165) is 12.1 Å². The van der Waals surface area contributed by atoms with E-state index >= 15 is 0 Å². The molecule has 1 saturated heterocycles. The van der Waals surface area contributed by atoms with Crippen molar-refractivity contribution in [2.24, 2.45) is 0 Å². The van der Waals surface area contributed by atoms with Crippen molar-refractivity contribution in [2.45, 2.75) is 4.90 Å². The van der Waals surface area contributed by atoms with Gasteiger partial charge >= 0.3 is 0 Å². The second-order valence-electron chi connectivity index (χ2n) is 4.58. The number of hydrogen-bond donors (Lipinski definition) is 0. The molecule has 0 aliphatic carbocycles. The van der Waals surface area contributed by atoms with E-state index in [1.165, 1.54) is 4.31 Å². The summed E-state index contributed by atoms with van der Waals surface area (Å²) in [5.41, 5.74) is -0.732. The normalized spacial score (nSPS) is 18.1. The van der Waals surface area contributed by atoms with E-state index in [9.17, 15) is 22.9 Å². The third kappa shape index (κ3) is 2.79. The maximum atomic E-state index is 13.1. The van der Waals surface area contributed by atoms with Gasteiger partial charge in [-0.3, -0.25) is 10.1 Å². The van der Waals surface area contributed by atoms with Gasteiger partial charge in [-0.05, 0) is 19.2 Å². The van der Waals surface area contributed by atoms with Crippen molar-refractivity contribution < 1.29 is 17.7 Å². The Bertz CT molecular complexity index is 627. The summed E-state index contributed by atoms with van der Waals surface area (Å²) in [6, 6.07) is 2.49. The van der Waals surface area contributed by atoms with Gasteiger partial charge in [0.1, 0.15) is 5.82 Å². The van der Waals surface area contributed by atoms with Gasteiger partial charge in [-0.15, -0.1) is 0 Å². The van der Waals surface area contributed by atoms with E-state index in [0.29, 0.717) is 19.2 Å². The Labute approximate surface area is 115 Å². The van der Waals surface area contributed by atoms with Crippen LogP contribution in [0.3, 0.4) is 0 Å². The predicted molar refractivity (Wildman–Crippen MR) is 69.3 cm³/mol. The van der Waals surface area contributed by atoms with E-state index in [4.69, 9.17) is 0 Å². The van der Waals surface area contributed by atoms with Gasteiger partial charge in [0.15, 0.2) is 4.90 Å². The van der Waals surface area contributed by atoms with Crippen LogP contribution in [0.15, 0.2) is 23.1 Å². The summed E-state index contributed by atoms with van der Waals surface area (Å²) in [5, 5.41) is 10.9. The van der Waals surface area contributed by atoms with Gasteiger partial charge in [0.2, 0.25) is 10.0 Å². The molecule has 1 aromatic carbocycles. The molecule has 1 heterocycles. The highest BCUT2D eigenvalue weighted by Crippen LogP contribution is 2.27. The van der Waals surface area contributed by atoms with Crippen LogP contribution in [0.25, 0.3) is 0 Å². The van der Waals surface area contributed by atoms with Crippen LogP contribution in [0.1, 0.15) is 0 Å². The highest BCUT2D eigenvalue weighted by molar-refractivity contribution is 7.89. The topological polar surface area (TPSA) is 83.8 Å². The zero-order valence-electron chi connectivity index (χ0n) is 10.8. The van der Waals surface area contributed by atoms with E-state index in [-0.39, 0.29) is 13.1 Å². The fourth-order valence-corrected chi connectivity index (χ4v) is 3.58. The first-order chi connectivity index (χ1) is 9.32. The van der Waals surface area contributed by atoms with Crippen LogP contribution in [0, 0.1) is 15.9 Å². The highest BCUT2D eigenvalue weighted by atomic mass is 32.2. The monoisotopic (exact) mass is 303 g/mol. The zero-order valence-corrected chi connectivity index (χ0v) is 11.6. The maximum Gasteiger partial charge on any atom is 0.292 e. The first-order valence-electron chi connectivity index (χ1n) is 5.95. The summed E-state index contributed by atoms with van der Waals surface area (Å²) >= 11 is 0. The van der Waals surface area contributed by atoms with Crippen LogP contribution in [0.5, 0.6) is 0 Å². The van der Waals surface area contributed by atoms with Crippen molar-refractivity contribution in [3.8, 4) is 0 Å². The molecule has 1 aliphatic rings. The lowest BCUT2D eigenvalue weighted by Gasteiger charge is -2.31. The van der Waals surface area contributed by atoms with Gasteiger partial charge in [-0.2, -0.15) is 4.31 Å². The number of piperazine rings is 1. The summed E-state index contributed by atoms with van der Waals surface area (Å²) in [4.78, 5) is 11.5. The minimum Gasteiger partial charge on any atom is -0.304 e. The van der Waals surface area contributed by atoms with Gasteiger partial charge in [0.05, 0.1) is 11.0 Å². The number of hydrogen-bond acceptors (Lipinski definition) is 5. The molecule has 2 rings (SSSR count). The van der Waals surface area contributed by atoms with E-state index in [1.54, 1.807) is 0 Å². The second-order valence-corrected chi connectivity index (χ2v) is 6.48. The van der Waals surface area contributed by atoms with Gasteiger partial charge in [-0.1, -0.05) is 0 Å². The molecule has 1 aliphatic heterocycles. The van der Waals surface area contributed by atoms with Crippen molar-refractivity contribution in [3.05, 3.63) is 34.1 Å². The first kappa shape index (κ1) is 14.8. The molecule has 0 unspecified atom stereocenters. The van der Waals surface area contributed by atoms with Crippen LogP contribution < -0.4 is 0 Å². The fraction of sp³-hybridized carbons (Fsp3) is 0.455. The number of nitro groups is 1. The lowest BCUT2D eigenvalue weighted by Crippen LogP contribution is -2.47. The minimum atomic E-state index is -3.98. The summed E-state index contributed by atoms with van der Waals surface area (Å²) < 4.78 is 39.1. The van der Waals surface area contributed by atoms with E-state index in [1.807, 2.05) is 11.9 Å². The summed E-state index contributed by atoms with van der Waals surface area (Å²) in [7, 11) is -2.11. The average molecular weight is 303 g/mol. The Balaban J connectivity index is 2.42. The molecule has 0 radical (unpaired) electrons. The summed E-state index contributed by atoms with van der Waals surface area (Å²) in [5.74, 6) is -0.839. The molecule has 0 aromatic heterocycles. The molecule has 0 amide bonds. The standard InChI is InChI=1S/C11H14FN3O4S/c1-13-4-6-14(7-5-13)20(18,19)11-3-2-9(12)8-10(11)15(16)17/h2-3,8H,4-7H2,1H3. The van der Waals surface area contributed by atoms with E-state index in [2.05, 4.69) is 0 Å². The molecular formula is C11H14FN3O4S. The van der Waals surface area contributed by atoms with Crippen molar-refractivity contribution in [1.82, 2.24) is 9.21 Å². The lowest BCUT2D eigenvalue weighted by molar-refractivity contribution is -0.388. The van der Waals surface area contributed by atoms with Gasteiger partial charge in [-0.25, -0.2) is 12.8 Å². The Morgan fingerprint density at radius 3 is 2.40 bits per heavy atom. The number of nitro benzene ring substituents is 1. The Morgan fingerprint density at radius 2 is 1.85 bits per heavy atom. The third-order valence-electron chi connectivity index (χ3n) is 3.20. The second kappa shape index (κ2) is 5.43. The largest absolute Gasteiger partial charge is 0.304 e. The Kier molecular flexibility index (Phi) is 4.02. The van der Waals surface area contributed by atoms with E-state index < -0.39 is 31.3 Å². The minimum absolute atomic E-state index is 0.257. The van der Waals surface area contributed by atoms with Crippen LogP contribution in [0.2, 0.25) is 0 Å². The van der Waals surface area contributed by atoms with Crippen LogP contribution >= 0.6 is 0 Å². The highest BCUT2D eigenvalue weighted by Gasteiger charge is 2.33. The van der Waals surface area contributed by atoms with Crippen LogP contribution in [0.4, 0.5) is 10.1 Å². The average Bonchev–Trinajstić information content (AvgIpc) is 2.38. The summed E-state index contributed by atoms with van der Waals surface area (Å²) in [6.07, 6.45) is 0.